The van der Waals surface area contributed by atoms with E-state index < -0.39 is 50.3 Å². The van der Waals surface area contributed by atoms with Crippen LogP contribution in [-0.2, 0) is 22.2 Å². The number of alkyl halides is 6. The molecule has 0 aliphatic rings. The van der Waals surface area contributed by atoms with E-state index >= 15 is 0 Å². The van der Waals surface area contributed by atoms with Gasteiger partial charge < -0.3 is 5.32 Å². The Balaban J connectivity index is 2.24. The van der Waals surface area contributed by atoms with E-state index in [0.29, 0.717) is 12.1 Å². The van der Waals surface area contributed by atoms with Gasteiger partial charge in [0, 0.05) is 11.1 Å². The predicted octanol–water partition coefficient (Wildman–Crippen LogP) is 5.61. The number of hydrogen-bond acceptors (Lipinski definition) is 4. The van der Waals surface area contributed by atoms with Gasteiger partial charge in [-0.3, -0.25) is 5.32 Å². The highest BCUT2D eigenvalue weighted by Gasteiger charge is 2.37. The third-order valence-electron chi connectivity index (χ3n) is 3.61. The first-order valence-electron chi connectivity index (χ1n) is 7.80. The van der Waals surface area contributed by atoms with Crippen LogP contribution in [0, 0.1) is 0 Å². The van der Waals surface area contributed by atoms with Crippen LogP contribution in [0.5, 0.6) is 0 Å². The van der Waals surface area contributed by atoms with Gasteiger partial charge in [-0.25, -0.2) is 13.2 Å². The molecule has 0 bridgehead atoms. The fraction of sp³-hybridized carbons (Fsp3) is 0.312. The van der Waals surface area contributed by atoms with Gasteiger partial charge in [0.2, 0.25) is 0 Å². The van der Waals surface area contributed by atoms with E-state index in [1.165, 1.54) is 19.2 Å². The Morgan fingerprint density at radius 2 is 1.45 bits per heavy atom. The second kappa shape index (κ2) is 7.86. The number of rotatable bonds is 4. The molecule has 1 heterocycles. The Labute approximate surface area is 165 Å². The molecule has 0 aliphatic heterocycles. The van der Waals surface area contributed by atoms with Gasteiger partial charge in [0.1, 0.15) is 0 Å². The van der Waals surface area contributed by atoms with E-state index in [1.54, 1.807) is 0 Å². The van der Waals surface area contributed by atoms with E-state index in [9.17, 15) is 39.6 Å². The van der Waals surface area contributed by atoms with E-state index in [1.807, 2.05) is 5.32 Å². The Kier molecular flexibility index (Phi) is 6.23. The van der Waals surface area contributed by atoms with Crippen LogP contribution in [-0.4, -0.2) is 19.7 Å². The molecule has 1 aromatic carbocycles. The van der Waals surface area contributed by atoms with Crippen molar-refractivity contribution in [2.24, 2.45) is 0 Å². The molecule has 160 valence electrons. The number of nitrogens with one attached hydrogen (secondary N) is 2. The molecule has 0 saturated heterocycles. The minimum absolute atomic E-state index is 0.0461. The van der Waals surface area contributed by atoms with Crippen molar-refractivity contribution in [3.63, 3.8) is 0 Å². The molecule has 5 nitrogen and oxygen atoms in total. The van der Waals surface area contributed by atoms with Gasteiger partial charge in [-0.1, -0.05) is 0 Å². The molecular formula is C16H14F6N2O3S2. The summed E-state index contributed by atoms with van der Waals surface area (Å²) in [5.74, 6) is 0. The lowest BCUT2D eigenvalue weighted by Gasteiger charge is -2.14. The smallest absolute Gasteiger partial charge is 0.308 e. The van der Waals surface area contributed by atoms with Crippen LogP contribution >= 0.6 is 11.3 Å². The van der Waals surface area contributed by atoms with Gasteiger partial charge in [0.15, 0.2) is 9.84 Å². The summed E-state index contributed by atoms with van der Waals surface area (Å²) in [6, 6.07) is 0.668. The number of carbonyl (C=O) groups excluding carboxylic acids is 1. The van der Waals surface area contributed by atoms with Crippen molar-refractivity contribution in [1.29, 1.82) is 0 Å². The molecule has 0 saturated carbocycles. The highest BCUT2D eigenvalue weighted by molar-refractivity contribution is 7.92. The first-order chi connectivity index (χ1) is 13.1. The summed E-state index contributed by atoms with van der Waals surface area (Å²) < 4.78 is 101. The minimum atomic E-state index is -5.05. The Hall–Kier alpha value is -2.28. The average Bonchev–Trinajstić information content (AvgIpc) is 3.01. The number of amides is 2. The summed E-state index contributed by atoms with van der Waals surface area (Å²) in [5, 5.41) is 4.66. The van der Waals surface area contributed by atoms with Crippen molar-refractivity contribution in [2.75, 3.05) is 10.6 Å². The molecular weight excluding hydrogens is 446 g/mol. The Morgan fingerprint density at radius 1 is 0.931 bits per heavy atom. The highest BCUT2D eigenvalue weighted by atomic mass is 32.2. The molecule has 0 atom stereocenters. The lowest BCUT2D eigenvalue weighted by Crippen LogP contribution is -2.20. The van der Waals surface area contributed by atoms with Crippen LogP contribution in [0.15, 0.2) is 34.5 Å². The van der Waals surface area contributed by atoms with Gasteiger partial charge in [-0.05, 0) is 38.1 Å². The lowest BCUT2D eigenvalue weighted by molar-refractivity contribution is -0.143. The molecule has 0 fully saturated rings. The second-order valence-corrected chi connectivity index (χ2v) is 9.53. The fourth-order valence-corrected chi connectivity index (χ4v) is 4.35. The standard InChI is InChI=1S/C16H14F6N2O3S2/c1-8(2)29(26,27)12-6-13(28-7-12)24-14(25)23-11-4-9(15(17,18)19)3-10(5-11)16(20,21)22/h3-8H,1-2H3,(H2,23,24,25). The van der Waals surface area contributed by atoms with E-state index in [2.05, 4.69) is 5.32 Å². The number of benzene rings is 1. The molecule has 2 rings (SSSR count). The zero-order valence-corrected chi connectivity index (χ0v) is 16.4. The summed E-state index contributed by atoms with van der Waals surface area (Å²) in [6.07, 6.45) is -10.1. The topological polar surface area (TPSA) is 75.3 Å². The zero-order valence-electron chi connectivity index (χ0n) is 14.8. The SMILES string of the molecule is CC(C)S(=O)(=O)c1csc(NC(=O)Nc2cc(C(F)(F)F)cc(C(F)(F)F)c2)c1. The Bertz CT molecular complexity index is 978. The first-order valence-corrected chi connectivity index (χ1v) is 10.2. The number of thiophene rings is 1. The van der Waals surface area contributed by atoms with Crippen LogP contribution < -0.4 is 10.6 Å². The van der Waals surface area contributed by atoms with Gasteiger partial charge in [0.05, 0.1) is 26.3 Å². The normalized spacial score (nSPS) is 12.9. The van der Waals surface area contributed by atoms with Crippen molar-refractivity contribution in [3.8, 4) is 0 Å². The van der Waals surface area contributed by atoms with Crippen LogP contribution in [0.3, 0.4) is 0 Å². The number of carbonyl (C=O) groups is 1. The molecule has 29 heavy (non-hydrogen) atoms. The third-order valence-corrected chi connectivity index (χ3v) is 6.74. The van der Waals surface area contributed by atoms with Crippen molar-refractivity contribution < 1.29 is 39.6 Å². The largest absolute Gasteiger partial charge is 0.416 e. The molecule has 0 unspecified atom stereocenters. The van der Waals surface area contributed by atoms with Crippen molar-refractivity contribution in [3.05, 3.63) is 40.8 Å². The summed E-state index contributed by atoms with van der Waals surface area (Å²) in [5.41, 5.74) is -3.88. The van der Waals surface area contributed by atoms with Gasteiger partial charge >= 0.3 is 18.4 Å². The maximum Gasteiger partial charge on any atom is 0.416 e. The summed E-state index contributed by atoms with van der Waals surface area (Å²) in [6.45, 7) is 2.91. The van der Waals surface area contributed by atoms with Crippen molar-refractivity contribution in [2.45, 2.75) is 36.3 Å². The maximum absolute atomic E-state index is 12.8. The van der Waals surface area contributed by atoms with Crippen LogP contribution in [0.2, 0.25) is 0 Å². The van der Waals surface area contributed by atoms with Gasteiger partial charge in [-0.15, -0.1) is 11.3 Å². The molecule has 0 radical (unpaired) electrons. The zero-order chi connectivity index (χ0) is 22.2. The van der Waals surface area contributed by atoms with Crippen molar-refractivity contribution >= 4 is 37.9 Å². The van der Waals surface area contributed by atoms with Crippen LogP contribution in [0.25, 0.3) is 0 Å². The first kappa shape index (κ1) is 23.0. The quantitative estimate of drug-likeness (QED) is 0.583. The second-order valence-electron chi connectivity index (χ2n) is 6.11. The number of sulfone groups is 1. The van der Waals surface area contributed by atoms with Gasteiger partial charge in [-0.2, -0.15) is 26.3 Å². The molecule has 0 spiro atoms. The highest BCUT2D eigenvalue weighted by Crippen LogP contribution is 2.37. The van der Waals surface area contributed by atoms with Crippen molar-refractivity contribution in [1.82, 2.24) is 0 Å². The molecule has 13 heteroatoms. The number of hydrogen-bond donors (Lipinski definition) is 2. The Morgan fingerprint density at radius 3 is 1.90 bits per heavy atom. The van der Waals surface area contributed by atoms with Gasteiger partial charge in [0.25, 0.3) is 0 Å². The van der Waals surface area contributed by atoms with E-state index in [0.717, 1.165) is 17.4 Å². The lowest BCUT2D eigenvalue weighted by atomic mass is 10.1. The molecule has 0 aliphatic carbocycles. The number of halogens is 6. The molecule has 2 N–H and O–H groups in total. The molecule has 1 aromatic heterocycles. The maximum atomic E-state index is 12.8. The molecule has 2 amide bonds. The fourth-order valence-electron chi connectivity index (χ4n) is 2.11. The number of urea groups is 1. The summed E-state index contributed by atoms with van der Waals surface area (Å²) in [4.78, 5) is 11.9. The third kappa shape index (κ3) is 5.63. The minimum Gasteiger partial charge on any atom is -0.308 e. The monoisotopic (exact) mass is 460 g/mol. The van der Waals surface area contributed by atoms with E-state index in [-0.39, 0.29) is 16.0 Å². The average molecular weight is 460 g/mol. The summed E-state index contributed by atoms with van der Waals surface area (Å²) >= 11 is 0.836. The summed E-state index contributed by atoms with van der Waals surface area (Å²) in [7, 11) is -3.61. The van der Waals surface area contributed by atoms with E-state index in [4.69, 9.17) is 0 Å². The number of anilines is 2. The predicted molar refractivity (Wildman–Crippen MR) is 95.7 cm³/mol. The molecule has 2 aromatic rings. The van der Waals surface area contributed by atoms with Crippen LogP contribution in [0.4, 0.5) is 41.8 Å². The van der Waals surface area contributed by atoms with Crippen LogP contribution in [0.1, 0.15) is 25.0 Å².